The van der Waals surface area contributed by atoms with Crippen LogP contribution in [0.4, 0.5) is 0 Å². The molecule has 2 aromatic heterocycles. The number of nitrogens with zero attached hydrogens (tertiary/aromatic N) is 1. The Kier molecular flexibility index (Phi) is 6.33. The first kappa shape index (κ1) is 20.6. The predicted molar refractivity (Wildman–Crippen MR) is 110 cm³/mol. The van der Waals surface area contributed by atoms with E-state index in [4.69, 9.17) is 9.26 Å². The Morgan fingerprint density at radius 2 is 1.86 bits per heavy atom. The van der Waals surface area contributed by atoms with Crippen LogP contribution in [0.15, 0.2) is 34.9 Å². The molecule has 0 aliphatic carbocycles. The van der Waals surface area contributed by atoms with Crippen LogP contribution in [0, 0.1) is 20.8 Å². The Labute approximate surface area is 173 Å². The Balaban J connectivity index is 1.65. The van der Waals surface area contributed by atoms with Crippen molar-refractivity contribution in [3.8, 4) is 5.75 Å². The van der Waals surface area contributed by atoms with E-state index in [1.165, 1.54) is 11.3 Å². The summed E-state index contributed by atoms with van der Waals surface area (Å²) in [6.07, 6.45) is 0.867. The SMILES string of the molecule is CCc1sc(C(=O)NNC(=O)c2ccccc2OCc2c(C)noc2C)cc1C. The van der Waals surface area contributed by atoms with Gasteiger partial charge in [-0.15, -0.1) is 11.3 Å². The van der Waals surface area contributed by atoms with Gasteiger partial charge in [-0.1, -0.05) is 24.2 Å². The highest BCUT2D eigenvalue weighted by Gasteiger charge is 2.17. The number of hydrogen-bond donors (Lipinski definition) is 2. The standard InChI is InChI=1S/C21H23N3O4S/c1-5-18-12(2)10-19(29-18)21(26)23-22-20(25)15-8-6-7-9-17(15)27-11-16-13(3)24-28-14(16)4/h6-10H,5,11H2,1-4H3,(H,22,25)(H,23,26). The third kappa shape index (κ3) is 4.65. The first-order valence-corrected chi connectivity index (χ1v) is 10.1. The van der Waals surface area contributed by atoms with Crippen LogP contribution < -0.4 is 15.6 Å². The first-order chi connectivity index (χ1) is 13.9. The number of hydrogen-bond acceptors (Lipinski definition) is 6. The lowest BCUT2D eigenvalue weighted by atomic mass is 10.2. The molecule has 2 heterocycles. The second-order valence-electron chi connectivity index (χ2n) is 6.57. The summed E-state index contributed by atoms with van der Waals surface area (Å²) in [6.45, 7) is 7.88. The monoisotopic (exact) mass is 413 g/mol. The maximum atomic E-state index is 12.6. The second-order valence-corrected chi connectivity index (χ2v) is 7.70. The van der Waals surface area contributed by atoms with E-state index in [1.807, 2.05) is 33.8 Å². The topological polar surface area (TPSA) is 93.5 Å². The summed E-state index contributed by atoms with van der Waals surface area (Å²) < 4.78 is 10.9. The molecule has 0 spiro atoms. The van der Waals surface area contributed by atoms with Crippen molar-refractivity contribution in [2.24, 2.45) is 0 Å². The summed E-state index contributed by atoms with van der Waals surface area (Å²) in [4.78, 5) is 26.6. The van der Waals surface area contributed by atoms with Gasteiger partial charge < -0.3 is 9.26 Å². The van der Waals surface area contributed by atoms with Crippen molar-refractivity contribution in [2.75, 3.05) is 0 Å². The molecule has 29 heavy (non-hydrogen) atoms. The van der Waals surface area contributed by atoms with Crippen molar-refractivity contribution >= 4 is 23.2 Å². The molecule has 0 saturated carbocycles. The van der Waals surface area contributed by atoms with Gasteiger partial charge in [0.25, 0.3) is 11.8 Å². The van der Waals surface area contributed by atoms with Gasteiger partial charge in [0.05, 0.1) is 21.7 Å². The quantitative estimate of drug-likeness (QED) is 0.598. The zero-order valence-corrected chi connectivity index (χ0v) is 17.6. The van der Waals surface area contributed by atoms with E-state index < -0.39 is 5.91 Å². The van der Waals surface area contributed by atoms with E-state index in [1.54, 1.807) is 24.3 Å². The molecule has 0 aliphatic heterocycles. The van der Waals surface area contributed by atoms with E-state index in [0.29, 0.717) is 22.0 Å². The van der Waals surface area contributed by atoms with Crippen LogP contribution in [0.1, 0.15) is 54.4 Å². The molecular weight excluding hydrogens is 390 g/mol. The molecule has 0 radical (unpaired) electrons. The summed E-state index contributed by atoms with van der Waals surface area (Å²) >= 11 is 1.42. The number of aromatic nitrogens is 1. The number of para-hydroxylation sites is 1. The van der Waals surface area contributed by atoms with E-state index in [2.05, 4.69) is 16.0 Å². The lowest BCUT2D eigenvalue weighted by Gasteiger charge is -2.12. The van der Waals surface area contributed by atoms with E-state index in [0.717, 1.165) is 28.1 Å². The largest absolute Gasteiger partial charge is 0.488 e. The van der Waals surface area contributed by atoms with Crippen molar-refractivity contribution in [3.63, 3.8) is 0 Å². The molecule has 1 aromatic carbocycles. The zero-order valence-electron chi connectivity index (χ0n) is 16.8. The number of benzene rings is 1. The van der Waals surface area contributed by atoms with Crippen molar-refractivity contribution < 1.29 is 18.8 Å². The number of thiophene rings is 1. The molecular formula is C21H23N3O4S. The third-order valence-electron chi connectivity index (χ3n) is 4.54. The molecule has 0 unspecified atom stereocenters. The van der Waals surface area contributed by atoms with Crippen LogP contribution in [0.3, 0.4) is 0 Å². The first-order valence-electron chi connectivity index (χ1n) is 9.24. The molecule has 0 atom stereocenters. The Morgan fingerprint density at radius 3 is 2.52 bits per heavy atom. The fourth-order valence-electron chi connectivity index (χ4n) is 2.86. The zero-order chi connectivity index (χ0) is 21.0. The summed E-state index contributed by atoms with van der Waals surface area (Å²) in [7, 11) is 0. The average molecular weight is 413 g/mol. The van der Waals surface area contributed by atoms with Crippen LogP contribution in [0.2, 0.25) is 0 Å². The van der Waals surface area contributed by atoms with E-state index >= 15 is 0 Å². The number of hydrazine groups is 1. The number of amides is 2. The van der Waals surface area contributed by atoms with Gasteiger partial charge in [-0.3, -0.25) is 20.4 Å². The van der Waals surface area contributed by atoms with E-state index in [-0.39, 0.29) is 12.5 Å². The van der Waals surface area contributed by atoms with E-state index in [9.17, 15) is 9.59 Å². The highest BCUT2D eigenvalue weighted by atomic mass is 32.1. The molecule has 2 N–H and O–H groups in total. The highest BCUT2D eigenvalue weighted by Crippen LogP contribution is 2.23. The number of aryl methyl sites for hydroxylation is 4. The van der Waals surface area contributed by atoms with Crippen LogP contribution >= 0.6 is 11.3 Å². The minimum absolute atomic E-state index is 0.228. The van der Waals surface area contributed by atoms with Crippen molar-refractivity contribution in [1.29, 1.82) is 0 Å². The van der Waals surface area contributed by atoms with Gasteiger partial charge in [0, 0.05) is 4.88 Å². The van der Waals surface area contributed by atoms with Crippen LogP contribution in [0.25, 0.3) is 0 Å². The minimum Gasteiger partial charge on any atom is -0.488 e. The van der Waals surface area contributed by atoms with Crippen molar-refractivity contribution in [2.45, 2.75) is 40.7 Å². The van der Waals surface area contributed by atoms with Crippen LogP contribution in [-0.4, -0.2) is 17.0 Å². The Hall–Kier alpha value is -3.13. The molecule has 3 aromatic rings. The van der Waals surface area contributed by atoms with Gasteiger partial charge in [0.15, 0.2) is 0 Å². The lowest BCUT2D eigenvalue weighted by Crippen LogP contribution is -2.41. The number of nitrogens with one attached hydrogen (secondary N) is 2. The van der Waals surface area contributed by atoms with Gasteiger partial charge in [-0.2, -0.15) is 0 Å². The molecule has 8 heteroatoms. The fraction of sp³-hybridized carbons (Fsp3) is 0.286. The molecule has 0 aliphatic rings. The molecule has 0 saturated heterocycles. The smallest absolute Gasteiger partial charge is 0.279 e. The van der Waals surface area contributed by atoms with Crippen molar-refractivity contribution in [3.05, 3.63) is 68.2 Å². The molecule has 3 rings (SSSR count). The summed E-state index contributed by atoms with van der Waals surface area (Å²) in [6, 6.07) is 8.67. The highest BCUT2D eigenvalue weighted by molar-refractivity contribution is 7.14. The summed E-state index contributed by atoms with van der Waals surface area (Å²) in [5.41, 5.74) is 7.90. The normalized spacial score (nSPS) is 10.6. The van der Waals surface area contributed by atoms with Gasteiger partial charge in [0.2, 0.25) is 0 Å². The summed E-state index contributed by atoms with van der Waals surface area (Å²) in [5, 5.41) is 3.90. The van der Waals surface area contributed by atoms with Crippen molar-refractivity contribution in [1.82, 2.24) is 16.0 Å². The predicted octanol–water partition coefficient (Wildman–Crippen LogP) is 3.88. The molecule has 2 amide bonds. The number of ether oxygens (including phenoxy) is 1. The molecule has 0 bridgehead atoms. The van der Waals surface area contributed by atoms with Gasteiger partial charge in [0.1, 0.15) is 18.1 Å². The maximum Gasteiger partial charge on any atom is 0.279 e. The fourth-order valence-corrected chi connectivity index (χ4v) is 3.87. The number of carbonyl (C=O) groups is 2. The lowest BCUT2D eigenvalue weighted by molar-refractivity contribution is 0.0846. The van der Waals surface area contributed by atoms with Crippen LogP contribution in [-0.2, 0) is 13.0 Å². The second kappa shape index (κ2) is 8.91. The minimum atomic E-state index is -0.461. The number of rotatable bonds is 6. The Bertz CT molecular complexity index is 1020. The third-order valence-corrected chi connectivity index (χ3v) is 5.92. The summed E-state index contributed by atoms with van der Waals surface area (Å²) in [5.74, 6) is 0.269. The molecule has 7 nitrogen and oxygen atoms in total. The van der Waals surface area contributed by atoms with Gasteiger partial charge in [-0.05, 0) is 51.0 Å². The maximum absolute atomic E-state index is 12.6. The Morgan fingerprint density at radius 1 is 1.14 bits per heavy atom. The molecule has 152 valence electrons. The van der Waals surface area contributed by atoms with Gasteiger partial charge in [-0.25, -0.2) is 0 Å². The average Bonchev–Trinajstić information content (AvgIpc) is 3.26. The van der Waals surface area contributed by atoms with Crippen LogP contribution in [0.5, 0.6) is 5.75 Å². The van der Waals surface area contributed by atoms with Gasteiger partial charge >= 0.3 is 0 Å². The number of carbonyl (C=O) groups excluding carboxylic acids is 2. The molecule has 0 fully saturated rings.